The highest BCUT2D eigenvalue weighted by molar-refractivity contribution is 5.94. The van der Waals surface area contributed by atoms with Gasteiger partial charge in [-0.25, -0.2) is 13.8 Å². The lowest BCUT2D eigenvalue weighted by Gasteiger charge is -2.17. The number of pyridine rings is 1. The molecule has 1 atom stereocenters. The first-order valence-corrected chi connectivity index (χ1v) is 7.56. The van der Waals surface area contributed by atoms with E-state index in [9.17, 15) is 22.4 Å². The molecule has 0 saturated heterocycles. The first kappa shape index (κ1) is 20.1. The number of carbonyl (C=O) groups is 1. The van der Waals surface area contributed by atoms with Crippen LogP contribution in [0.3, 0.4) is 0 Å². The van der Waals surface area contributed by atoms with Gasteiger partial charge in [0.05, 0.1) is 5.56 Å². The van der Waals surface area contributed by atoms with Gasteiger partial charge in [-0.2, -0.15) is 8.78 Å². The minimum Gasteiger partial charge on any atom is -0.471 e. The van der Waals surface area contributed by atoms with Gasteiger partial charge in [0.25, 0.3) is 5.91 Å². The van der Waals surface area contributed by atoms with Gasteiger partial charge in [-0.3, -0.25) is 4.79 Å². The topological polar surface area (TPSA) is 77.2 Å². The number of nitrogens with two attached hydrogens (primary N) is 1. The number of unbranched alkanes of at least 4 members (excludes halogenated alkanes) is 1. The van der Waals surface area contributed by atoms with Gasteiger partial charge in [0, 0.05) is 24.8 Å². The first-order valence-electron chi connectivity index (χ1n) is 7.56. The van der Waals surface area contributed by atoms with Crippen LogP contribution in [0, 0.1) is 0 Å². The normalized spacial score (nSPS) is 13.0. The molecule has 0 saturated carbocycles. The minimum absolute atomic E-state index is 0.168. The van der Waals surface area contributed by atoms with E-state index in [4.69, 9.17) is 5.73 Å². The fourth-order valence-electron chi connectivity index (χ4n) is 1.80. The molecule has 1 aromatic rings. The number of alkyl halides is 4. The van der Waals surface area contributed by atoms with Crippen molar-refractivity contribution in [2.24, 2.45) is 5.73 Å². The molecule has 0 fully saturated rings. The summed E-state index contributed by atoms with van der Waals surface area (Å²) in [6, 6.07) is 2.31. The van der Waals surface area contributed by atoms with Crippen molar-refractivity contribution in [2.75, 3.05) is 13.2 Å². The van der Waals surface area contributed by atoms with Crippen LogP contribution < -0.4 is 15.8 Å². The van der Waals surface area contributed by atoms with Crippen LogP contribution in [0.1, 0.15) is 36.5 Å². The predicted octanol–water partition coefficient (Wildman–Crippen LogP) is 2.61. The summed E-state index contributed by atoms with van der Waals surface area (Å²) in [6.07, 6.45) is -0.0532. The highest BCUT2D eigenvalue weighted by atomic mass is 19.3. The molecule has 1 rings (SSSR count). The molecular weight excluding hydrogens is 330 g/mol. The number of hydrogen-bond acceptors (Lipinski definition) is 4. The highest BCUT2D eigenvalue weighted by Gasteiger charge is 2.41. The van der Waals surface area contributed by atoms with E-state index in [0.29, 0.717) is 6.54 Å². The number of amides is 1. The van der Waals surface area contributed by atoms with Gasteiger partial charge >= 0.3 is 12.3 Å². The van der Waals surface area contributed by atoms with Crippen LogP contribution in [0.2, 0.25) is 0 Å². The Morgan fingerprint density at radius 2 is 2.12 bits per heavy atom. The van der Waals surface area contributed by atoms with Gasteiger partial charge in [0.2, 0.25) is 5.88 Å². The van der Waals surface area contributed by atoms with Crippen molar-refractivity contribution < 1.29 is 27.1 Å². The lowest BCUT2D eigenvalue weighted by molar-refractivity contribution is -0.148. The van der Waals surface area contributed by atoms with E-state index in [0.717, 1.165) is 25.5 Å². The summed E-state index contributed by atoms with van der Waals surface area (Å²) in [5.74, 6) is -4.93. The van der Waals surface area contributed by atoms with Crippen LogP contribution in [0.5, 0.6) is 5.88 Å². The smallest absolute Gasteiger partial charge is 0.340 e. The van der Waals surface area contributed by atoms with E-state index in [-0.39, 0.29) is 17.5 Å². The van der Waals surface area contributed by atoms with Crippen molar-refractivity contribution in [3.63, 3.8) is 0 Å². The standard InChI is InChI=1S/C15H21F4N3O2/c1-2-3-4-11(7-20)22-13(23)10-5-6-12(21-8-10)24-9-15(18,19)14(16)17/h5-6,8,11,14H,2-4,7,9,20H2,1H3,(H,22,23). The van der Waals surface area contributed by atoms with Crippen molar-refractivity contribution in [3.8, 4) is 5.88 Å². The summed E-state index contributed by atoms with van der Waals surface area (Å²) in [7, 11) is 0. The largest absolute Gasteiger partial charge is 0.471 e. The molecule has 0 spiro atoms. The average Bonchev–Trinajstić information content (AvgIpc) is 2.56. The van der Waals surface area contributed by atoms with Crippen LogP contribution in [-0.2, 0) is 0 Å². The fraction of sp³-hybridized carbons (Fsp3) is 0.600. The Balaban J connectivity index is 2.58. The van der Waals surface area contributed by atoms with E-state index in [2.05, 4.69) is 15.0 Å². The molecular formula is C15H21F4N3O2. The van der Waals surface area contributed by atoms with Crippen molar-refractivity contribution >= 4 is 5.91 Å². The number of carbonyl (C=O) groups excluding carboxylic acids is 1. The molecule has 9 heteroatoms. The van der Waals surface area contributed by atoms with Gasteiger partial charge < -0.3 is 15.8 Å². The summed E-state index contributed by atoms with van der Waals surface area (Å²) in [6.45, 7) is 0.828. The van der Waals surface area contributed by atoms with Gasteiger partial charge in [-0.1, -0.05) is 19.8 Å². The molecule has 1 amide bonds. The Bertz CT molecular complexity index is 512. The molecule has 136 valence electrons. The Morgan fingerprint density at radius 3 is 2.62 bits per heavy atom. The van der Waals surface area contributed by atoms with Crippen LogP contribution in [0.25, 0.3) is 0 Å². The van der Waals surface area contributed by atoms with Gasteiger partial charge in [-0.15, -0.1) is 0 Å². The maximum absolute atomic E-state index is 12.7. The Labute approximate surface area is 137 Å². The third kappa shape index (κ3) is 6.31. The van der Waals surface area contributed by atoms with E-state index in [1.54, 1.807) is 0 Å². The zero-order valence-corrected chi connectivity index (χ0v) is 13.3. The number of nitrogens with one attached hydrogen (secondary N) is 1. The Hall–Kier alpha value is -1.90. The van der Waals surface area contributed by atoms with Crippen LogP contribution in [-0.4, -0.2) is 42.4 Å². The summed E-state index contributed by atoms with van der Waals surface area (Å²) in [5.41, 5.74) is 5.78. The number of ether oxygens (including phenoxy) is 1. The number of halogens is 4. The fourth-order valence-corrected chi connectivity index (χ4v) is 1.80. The molecule has 1 aromatic heterocycles. The number of rotatable bonds is 10. The van der Waals surface area contributed by atoms with E-state index >= 15 is 0 Å². The first-order chi connectivity index (χ1) is 11.3. The maximum Gasteiger partial charge on any atom is 0.340 e. The van der Waals surface area contributed by atoms with Crippen molar-refractivity contribution in [1.82, 2.24) is 10.3 Å². The van der Waals surface area contributed by atoms with E-state index in [1.165, 1.54) is 12.1 Å². The highest BCUT2D eigenvalue weighted by Crippen LogP contribution is 2.23. The third-order valence-electron chi connectivity index (χ3n) is 3.26. The van der Waals surface area contributed by atoms with Crippen LogP contribution in [0.4, 0.5) is 17.6 Å². The summed E-state index contributed by atoms with van der Waals surface area (Å²) < 4.78 is 54.0. The van der Waals surface area contributed by atoms with Crippen molar-refractivity contribution in [1.29, 1.82) is 0 Å². The Kier molecular flexibility index (Phi) is 7.90. The molecule has 1 heterocycles. The predicted molar refractivity (Wildman–Crippen MR) is 80.5 cm³/mol. The molecule has 0 aliphatic heterocycles. The van der Waals surface area contributed by atoms with Gasteiger partial charge in [0.1, 0.15) is 0 Å². The molecule has 0 aromatic carbocycles. The summed E-state index contributed by atoms with van der Waals surface area (Å²) >= 11 is 0. The van der Waals surface area contributed by atoms with E-state index < -0.39 is 24.9 Å². The SMILES string of the molecule is CCCCC(CN)NC(=O)c1ccc(OCC(F)(F)C(F)F)nc1. The summed E-state index contributed by atoms with van der Waals surface area (Å²) in [5, 5.41) is 2.74. The van der Waals surface area contributed by atoms with Crippen LogP contribution in [0.15, 0.2) is 18.3 Å². The second-order valence-corrected chi connectivity index (χ2v) is 5.28. The zero-order valence-electron chi connectivity index (χ0n) is 13.3. The number of hydrogen-bond donors (Lipinski definition) is 2. The second kappa shape index (κ2) is 9.41. The maximum atomic E-state index is 12.7. The summed E-state index contributed by atoms with van der Waals surface area (Å²) in [4.78, 5) is 15.7. The van der Waals surface area contributed by atoms with Crippen molar-refractivity contribution in [2.45, 2.75) is 44.6 Å². The lowest BCUT2D eigenvalue weighted by Crippen LogP contribution is -2.40. The molecule has 1 unspecified atom stereocenters. The Morgan fingerprint density at radius 1 is 1.42 bits per heavy atom. The third-order valence-corrected chi connectivity index (χ3v) is 3.26. The zero-order chi connectivity index (χ0) is 18.2. The minimum atomic E-state index is -4.26. The monoisotopic (exact) mass is 351 g/mol. The molecule has 3 N–H and O–H groups in total. The van der Waals surface area contributed by atoms with Crippen molar-refractivity contribution in [3.05, 3.63) is 23.9 Å². The van der Waals surface area contributed by atoms with Gasteiger partial charge in [0.15, 0.2) is 6.61 Å². The molecule has 0 aliphatic carbocycles. The van der Waals surface area contributed by atoms with Gasteiger partial charge in [-0.05, 0) is 12.5 Å². The second-order valence-electron chi connectivity index (χ2n) is 5.28. The lowest BCUT2D eigenvalue weighted by atomic mass is 10.1. The molecule has 24 heavy (non-hydrogen) atoms. The molecule has 0 aliphatic rings. The molecule has 0 radical (unpaired) electrons. The van der Waals surface area contributed by atoms with Crippen LogP contribution >= 0.6 is 0 Å². The van der Waals surface area contributed by atoms with E-state index in [1.807, 2.05) is 6.92 Å². The number of aromatic nitrogens is 1. The average molecular weight is 351 g/mol. The quantitative estimate of drug-likeness (QED) is 0.635. The molecule has 0 bridgehead atoms. The number of nitrogens with zero attached hydrogens (tertiary/aromatic N) is 1. The molecule has 5 nitrogen and oxygen atoms in total.